The maximum Gasteiger partial charge on any atom is 0.346 e. The summed E-state index contributed by atoms with van der Waals surface area (Å²) in [5.74, 6) is -1.31. The third-order valence-electron chi connectivity index (χ3n) is 3.01. The van der Waals surface area contributed by atoms with E-state index in [1.165, 1.54) is 6.08 Å². The molecule has 2 rings (SSSR count). The minimum absolute atomic E-state index is 0.273. The summed E-state index contributed by atoms with van der Waals surface area (Å²) < 4.78 is 1.55. The Morgan fingerprint density at radius 2 is 2.04 bits per heavy atom. The summed E-state index contributed by atoms with van der Waals surface area (Å²) in [6.45, 7) is 0.375. The molecule has 0 bridgehead atoms. The highest BCUT2D eigenvalue weighted by Gasteiger charge is 2.13. The summed E-state index contributed by atoms with van der Waals surface area (Å²) in [6.07, 6.45) is 3.15. The summed E-state index contributed by atoms with van der Waals surface area (Å²) in [6, 6.07) is 10.6. The maximum atomic E-state index is 11.0. The van der Waals surface area contributed by atoms with Crippen LogP contribution < -0.4 is 0 Å². The smallest absolute Gasteiger partial charge is 0.346 e. The molecule has 6 nitrogen and oxygen atoms in total. The van der Waals surface area contributed by atoms with Crippen molar-refractivity contribution < 1.29 is 9.90 Å². The van der Waals surface area contributed by atoms with Gasteiger partial charge in [-0.15, -0.1) is 0 Å². The van der Waals surface area contributed by atoms with Gasteiger partial charge in [0.25, 0.3) is 0 Å². The SMILES string of the molecule is N#CCCn1cc(/C=C(\C#N)C(=O)O)c(-c2ccc(Cl)cc2)n1. The molecule has 0 atom stereocenters. The van der Waals surface area contributed by atoms with Crippen molar-refractivity contribution in [1.82, 2.24) is 9.78 Å². The minimum Gasteiger partial charge on any atom is -0.477 e. The van der Waals surface area contributed by atoms with E-state index in [1.54, 1.807) is 41.2 Å². The number of carboxylic acid groups (broad SMARTS) is 1. The van der Waals surface area contributed by atoms with Crippen LogP contribution >= 0.6 is 11.6 Å². The molecule has 1 aromatic heterocycles. The molecule has 0 aliphatic rings. The Hall–Kier alpha value is -3.09. The number of benzene rings is 1. The molecule has 1 aromatic carbocycles. The van der Waals surface area contributed by atoms with Gasteiger partial charge in [-0.25, -0.2) is 4.79 Å². The van der Waals surface area contributed by atoms with Crippen LogP contribution in [0.5, 0.6) is 0 Å². The quantitative estimate of drug-likeness (QED) is 0.671. The van der Waals surface area contributed by atoms with E-state index in [0.717, 1.165) is 5.56 Å². The Labute approximate surface area is 137 Å². The van der Waals surface area contributed by atoms with Gasteiger partial charge in [0.2, 0.25) is 0 Å². The number of aliphatic carboxylic acids is 1. The van der Waals surface area contributed by atoms with E-state index < -0.39 is 5.97 Å². The van der Waals surface area contributed by atoms with Gasteiger partial charge in [-0.2, -0.15) is 15.6 Å². The molecule has 0 aliphatic heterocycles. The number of aromatic nitrogens is 2. The summed E-state index contributed by atoms with van der Waals surface area (Å²) in [5, 5.41) is 31.5. The Bertz CT molecular complexity index is 838. The van der Waals surface area contributed by atoms with Gasteiger partial charge in [-0.1, -0.05) is 23.7 Å². The number of carbonyl (C=O) groups is 1. The van der Waals surface area contributed by atoms with Crippen LogP contribution in [0.25, 0.3) is 17.3 Å². The molecule has 0 amide bonds. The monoisotopic (exact) mass is 326 g/mol. The fraction of sp³-hybridized carbons (Fsp3) is 0.125. The van der Waals surface area contributed by atoms with Gasteiger partial charge >= 0.3 is 5.97 Å². The van der Waals surface area contributed by atoms with Crippen molar-refractivity contribution in [3.63, 3.8) is 0 Å². The second-order valence-electron chi connectivity index (χ2n) is 4.59. The number of nitriles is 2. The van der Waals surface area contributed by atoms with Crippen LogP contribution in [0.15, 0.2) is 36.0 Å². The van der Waals surface area contributed by atoms with E-state index in [4.69, 9.17) is 27.2 Å². The molecule has 7 heteroatoms. The zero-order valence-corrected chi connectivity index (χ0v) is 12.7. The number of hydrogen-bond donors (Lipinski definition) is 1. The molecule has 0 radical (unpaired) electrons. The van der Waals surface area contributed by atoms with Crippen LogP contribution in [-0.2, 0) is 11.3 Å². The topological polar surface area (TPSA) is 103 Å². The molecule has 0 fully saturated rings. The normalized spacial score (nSPS) is 10.8. The van der Waals surface area contributed by atoms with E-state index in [0.29, 0.717) is 22.8 Å². The third kappa shape index (κ3) is 3.97. The second-order valence-corrected chi connectivity index (χ2v) is 5.02. The lowest BCUT2D eigenvalue weighted by Crippen LogP contribution is -1.97. The largest absolute Gasteiger partial charge is 0.477 e. The Balaban J connectivity index is 2.53. The van der Waals surface area contributed by atoms with Crippen LogP contribution in [0, 0.1) is 22.7 Å². The average Bonchev–Trinajstić information content (AvgIpc) is 2.94. The fourth-order valence-electron chi connectivity index (χ4n) is 1.95. The Morgan fingerprint density at radius 3 is 2.61 bits per heavy atom. The number of nitrogens with zero attached hydrogens (tertiary/aromatic N) is 4. The van der Waals surface area contributed by atoms with Gasteiger partial charge < -0.3 is 5.11 Å². The lowest BCUT2D eigenvalue weighted by Gasteiger charge is -1.99. The number of hydrogen-bond acceptors (Lipinski definition) is 4. The first-order valence-corrected chi connectivity index (χ1v) is 6.98. The van der Waals surface area contributed by atoms with Crippen LogP contribution in [0.1, 0.15) is 12.0 Å². The highest BCUT2D eigenvalue weighted by molar-refractivity contribution is 6.30. The summed E-state index contributed by atoms with van der Waals surface area (Å²) in [4.78, 5) is 11.0. The zero-order valence-electron chi connectivity index (χ0n) is 11.9. The first-order valence-electron chi connectivity index (χ1n) is 6.60. The summed E-state index contributed by atoms with van der Waals surface area (Å²) in [7, 11) is 0. The molecule has 1 N–H and O–H groups in total. The molecular weight excluding hydrogens is 316 g/mol. The molecule has 0 saturated heterocycles. The van der Waals surface area contributed by atoms with Crippen LogP contribution in [-0.4, -0.2) is 20.9 Å². The second kappa shape index (κ2) is 7.26. The van der Waals surface area contributed by atoms with E-state index in [1.807, 2.05) is 6.07 Å². The molecule has 0 aliphatic carbocycles. The highest BCUT2D eigenvalue weighted by atomic mass is 35.5. The molecule has 0 spiro atoms. The Morgan fingerprint density at radius 1 is 1.35 bits per heavy atom. The van der Waals surface area contributed by atoms with Crippen molar-refractivity contribution in [2.45, 2.75) is 13.0 Å². The van der Waals surface area contributed by atoms with Gasteiger partial charge in [0.1, 0.15) is 11.6 Å². The van der Waals surface area contributed by atoms with Gasteiger partial charge in [0, 0.05) is 22.3 Å². The highest BCUT2D eigenvalue weighted by Crippen LogP contribution is 2.25. The number of rotatable bonds is 5. The van der Waals surface area contributed by atoms with E-state index >= 15 is 0 Å². The lowest BCUT2D eigenvalue weighted by atomic mass is 10.1. The van der Waals surface area contributed by atoms with Crippen molar-refractivity contribution in [3.05, 3.63) is 46.6 Å². The third-order valence-corrected chi connectivity index (χ3v) is 3.26. The van der Waals surface area contributed by atoms with Gasteiger partial charge in [0.05, 0.1) is 24.7 Å². The van der Waals surface area contributed by atoms with Gasteiger partial charge in [-0.3, -0.25) is 4.68 Å². The van der Waals surface area contributed by atoms with Crippen LogP contribution in [0.2, 0.25) is 5.02 Å². The first kappa shape index (κ1) is 16.3. The van der Waals surface area contributed by atoms with E-state index in [-0.39, 0.29) is 12.0 Å². The minimum atomic E-state index is -1.31. The van der Waals surface area contributed by atoms with Crippen molar-refractivity contribution in [2.75, 3.05) is 0 Å². The zero-order chi connectivity index (χ0) is 16.8. The first-order chi connectivity index (χ1) is 11.0. The van der Waals surface area contributed by atoms with Gasteiger partial charge in [0.15, 0.2) is 0 Å². The lowest BCUT2D eigenvalue weighted by molar-refractivity contribution is -0.132. The predicted octanol–water partition coefficient (Wildman–Crippen LogP) is 3.11. The van der Waals surface area contributed by atoms with Crippen LogP contribution in [0.4, 0.5) is 0 Å². The molecule has 0 saturated carbocycles. The summed E-state index contributed by atoms with van der Waals surface area (Å²) >= 11 is 5.87. The standard InChI is InChI=1S/C16H11ClN4O2/c17-14-4-2-11(3-5-14)15-13(8-12(9-19)16(22)23)10-21(20-15)7-1-6-18/h2-5,8,10H,1,7H2,(H,22,23)/b12-8+. The van der Waals surface area contributed by atoms with Crippen molar-refractivity contribution in [1.29, 1.82) is 10.5 Å². The van der Waals surface area contributed by atoms with E-state index in [9.17, 15) is 4.79 Å². The molecule has 23 heavy (non-hydrogen) atoms. The number of halogens is 1. The average molecular weight is 327 g/mol. The molecule has 1 heterocycles. The molecule has 2 aromatic rings. The Kier molecular flexibility index (Phi) is 5.14. The summed E-state index contributed by atoms with van der Waals surface area (Å²) in [5.41, 5.74) is 1.36. The van der Waals surface area contributed by atoms with Crippen LogP contribution in [0.3, 0.4) is 0 Å². The van der Waals surface area contributed by atoms with Crippen molar-refractivity contribution in [3.8, 4) is 23.4 Å². The molecule has 0 unspecified atom stereocenters. The maximum absolute atomic E-state index is 11.0. The molecular formula is C16H11ClN4O2. The number of carboxylic acids is 1. The van der Waals surface area contributed by atoms with Gasteiger partial charge in [-0.05, 0) is 18.2 Å². The van der Waals surface area contributed by atoms with E-state index in [2.05, 4.69) is 5.10 Å². The fourth-order valence-corrected chi connectivity index (χ4v) is 2.08. The van der Waals surface area contributed by atoms with Crippen molar-refractivity contribution in [2.24, 2.45) is 0 Å². The van der Waals surface area contributed by atoms with Crippen molar-refractivity contribution >= 4 is 23.6 Å². The molecule has 114 valence electrons. The predicted molar refractivity (Wildman–Crippen MR) is 84.1 cm³/mol. The number of aryl methyl sites for hydroxylation is 1.